The molecule has 2 aromatic rings. The molecule has 1 aromatic carbocycles. The second-order valence-electron chi connectivity index (χ2n) is 3.87. The van der Waals surface area contributed by atoms with Gasteiger partial charge in [0.15, 0.2) is 17.4 Å². The molecule has 0 aliphatic rings. The lowest BCUT2D eigenvalue weighted by atomic mass is 10.1. The Balaban J connectivity index is 2.18. The van der Waals surface area contributed by atoms with Gasteiger partial charge >= 0.3 is 0 Å². The third-order valence-corrected chi connectivity index (χ3v) is 2.71. The van der Waals surface area contributed by atoms with Crippen LogP contribution in [0, 0.1) is 0 Å². The molecule has 1 heterocycles. The first-order valence-electron chi connectivity index (χ1n) is 5.69. The van der Waals surface area contributed by atoms with Crippen molar-refractivity contribution in [1.29, 1.82) is 0 Å². The molecule has 0 saturated carbocycles. The van der Waals surface area contributed by atoms with Crippen molar-refractivity contribution in [3.63, 3.8) is 0 Å². The third-order valence-electron chi connectivity index (χ3n) is 2.71. The highest BCUT2D eigenvalue weighted by atomic mass is 16.5. The summed E-state index contributed by atoms with van der Waals surface area (Å²) in [5.74, 6) is 2.25. The number of rotatable bonds is 5. The number of anilines is 1. The second-order valence-corrected chi connectivity index (χ2v) is 3.87. The molecule has 0 bridgehead atoms. The highest BCUT2D eigenvalue weighted by molar-refractivity contribution is 5.44. The molecule has 0 atom stereocenters. The van der Waals surface area contributed by atoms with E-state index in [1.165, 1.54) is 0 Å². The number of H-pyrrole nitrogens is 1. The lowest BCUT2D eigenvalue weighted by molar-refractivity contribution is 0.354. The van der Waals surface area contributed by atoms with Gasteiger partial charge in [-0.1, -0.05) is 6.07 Å². The standard InChI is InChI=1S/C13H17N3O2/c1-14-13-15-8-10(16-13)6-9-4-5-11(17-2)12(7-9)18-3/h4-5,7-8H,6H2,1-3H3,(H2,14,15,16). The minimum absolute atomic E-state index is 0.738. The summed E-state index contributed by atoms with van der Waals surface area (Å²) in [6.45, 7) is 0. The molecule has 0 radical (unpaired) electrons. The Bertz CT molecular complexity index is 523. The Labute approximate surface area is 106 Å². The van der Waals surface area contributed by atoms with Crippen LogP contribution in [-0.4, -0.2) is 31.2 Å². The number of benzene rings is 1. The van der Waals surface area contributed by atoms with Crippen molar-refractivity contribution in [3.05, 3.63) is 35.7 Å². The van der Waals surface area contributed by atoms with Crippen LogP contribution in [0.1, 0.15) is 11.3 Å². The number of hydrogen-bond acceptors (Lipinski definition) is 4. The number of aromatic amines is 1. The van der Waals surface area contributed by atoms with Crippen molar-refractivity contribution in [1.82, 2.24) is 9.97 Å². The molecule has 0 amide bonds. The Morgan fingerprint density at radius 3 is 2.61 bits per heavy atom. The lowest BCUT2D eigenvalue weighted by Gasteiger charge is -2.08. The van der Waals surface area contributed by atoms with E-state index in [1.807, 2.05) is 31.4 Å². The molecule has 0 spiro atoms. The molecule has 5 heteroatoms. The smallest absolute Gasteiger partial charge is 0.200 e. The molecule has 18 heavy (non-hydrogen) atoms. The third kappa shape index (κ3) is 2.56. The van der Waals surface area contributed by atoms with Crippen LogP contribution >= 0.6 is 0 Å². The fraction of sp³-hybridized carbons (Fsp3) is 0.308. The van der Waals surface area contributed by atoms with Crippen LogP contribution in [0.5, 0.6) is 11.5 Å². The van der Waals surface area contributed by atoms with Gasteiger partial charge in [-0.2, -0.15) is 0 Å². The van der Waals surface area contributed by atoms with Gasteiger partial charge in [0.1, 0.15) is 0 Å². The van der Waals surface area contributed by atoms with E-state index in [-0.39, 0.29) is 0 Å². The summed E-state index contributed by atoms with van der Waals surface area (Å²) < 4.78 is 10.5. The molecule has 1 aromatic heterocycles. The summed E-state index contributed by atoms with van der Waals surface area (Å²) >= 11 is 0. The molecule has 2 rings (SSSR count). The normalized spacial score (nSPS) is 10.2. The first-order valence-corrected chi connectivity index (χ1v) is 5.69. The van der Waals surface area contributed by atoms with Crippen LogP contribution in [0.15, 0.2) is 24.4 Å². The molecule has 5 nitrogen and oxygen atoms in total. The van der Waals surface area contributed by atoms with E-state index in [0.29, 0.717) is 0 Å². The van der Waals surface area contributed by atoms with Crippen molar-refractivity contribution < 1.29 is 9.47 Å². The Morgan fingerprint density at radius 1 is 1.22 bits per heavy atom. The quantitative estimate of drug-likeness (QED) is 0.849. The van der Waals surface area contributed by atoms with Crippen LogP contribution < -0.4 is 14.8 Å². The first-order chi connectivity index (χ1) is 8.76. The van der Waals surface area contributed by atoms with Gasteiger partial charge in [0.05, 0.1) is 20.4 Å². The number of hydrogen-bond donors (Lipinski definition) is 2. The highest BCUT2D eigenvalue weighted by Crippen LogP contribution is 2.28. The maximum absolute atomic E-state index is 5.28. The van der Waals surface area contributed by atoms with Crippen LogP contribution in [0.3, 0.4) is 0 Å². The van der Waals surface area contributed by atoms with Crippen molar-refractivity contribution in [2.24, 2.45) is 0 Å². The minimum atomic E-state index is 0.738. The molecule has 0 fully saturated rings. The predicted molar refractivity (Wildman–Crippen MR) is 70.5 cm³/mol. The fourth-order valence-electron chi connectivity index (χ4n) is 1.79. The molecule has 0 aliphatic heterocycles. The molecule has 0 aliphatic carbocycles. The monoisotopic (exact) mass is 247 g/mol. The zero-order valence-electron chi connectivity index (χ0n) is 10.8. The number of methoxy groups -OCH3 is 2. The topological polar surface area (TPSA) is 59.2 Å². The fourth-order valence-corrected chi connectivity index (χ4v) is 1.79. The van der Waals surface area contributed by atoms with Gasteiger partial charge in [-0.05, 0) is 17.7 Å². The zero-order valence-corrected chi connectivity index (χ0v) is 10.8. The van der Waals surface area contributed by atoms with Gasteiger partial charge < -0.3 is 19.8 Å². The summed E-state index contributed by atoms with van der Waals surface area (Å²) in [5.41, 5.74) is 2.19. The number of imidazole rings is 1. The second kappa shape index (κ2) is 5.44. The van der Waals surface area contributed by atoms with Gasteiger partial charge in [0.2, 0.25) is 0 Å². The predicted octanol–water partition coefficient (Wildman–Crippen LogP) is 2.06. The number of nitrogens with zero attached hydrogens (tertiary/aromatic N) is 1. The van der Waals surface area contributed by atoms with E-state index in [9.17, 15) is 0 Å². The maximum Gasteiger partial charge on any atom is 0.200 e. The summed E-state index contributed by atoms with van der Waals surface area (Å²) in [5, 5.41) is 2.96. The van der Waals surface area contributed by atoms with Crippen LogP contribution in [0.2, 0.25) is 0 Å². The van der Waals surface area contributed by atoms with Gasteiger partial charge in [0, 0.05) is 19.2 Å². The van der Waals surface area contributed by atoms with Crippen molar-refractivity contribution in [2.75, 3.05) is 26.6 Å². The highest BCUT2D eigenvalue weighted by Gasteiger charge is 2.06. The van der Waals surface area contributed by atoms with E-state index >= 15 is 0 Å². The average molecular weight is 247 g/mol. The number of aromatic nitrogens is 2. The van der Waals surface area contributed by atoms with Crippen molar-refractivity contribution in [3.8, 4) is 11.5 Å². The van der Waals surface area contributed by atoms with E-state index in [4.69, 9.17) is 9.47 Å². The van der Waals surface area contributed by atoms with E-state index in [0.717, 1.165) is 35.1 Å². The largest absolute Gasteiger partial charge is 0.493 e. The Morgan fingerprint density at radius 2 is 2.00 bits per heavy atom. The first kappa shape index (κ1) is 12.3. The molecule has 96 valence electrons. The molecule has 0 unspecified atom stereocenters. The Kier molecular flexibility index (Phi) is 3.72. The van der Waals surface area contributed by atoms with Gasteiger partial charge in [-0.25, -0.2) is 4.98 Å². The Hall–Kier alpha value is -2.17. The maximum atomic E-state index is 5.28. The molecule has 2 N–H and O–H groups in total. The molecular formula is C13H17N3O2. The number of nitrogens with one attached hydrogen (secondary N) is 2. The van der Waals surface area contributed by atoms with Gasteiger partial charge in [0.25, 0.3) is 0 Å². The lowest BCUT2D eigenvalue weighted by Crippen LogP contribution is -1.94. The summed E-state index contributed by atoms with van der Waals surface area (Å²) in [7, 11) is 5.10. The minimum Gasteiger partial charge on any atom is -0.493 e. The summed E-state index contributed by atoms with van der Waals surface area (Å²) in [6.07, 6.45) is 2.59. The molecular weight excluding hydrogens is 230 g/mol. The molecule has 0 saturated heterocycles. The van der Waals surface area contributed by atoms with Crippen molar-refractivity contribution >= 4 is 5.95 Å². The van der Waals surface area contributed by atoms with E-state index in [1.54, 1.807) is 14.2 Å². The zero-order chi connectivity index (χ0) is 13.0. The van der Waals surface area contributed by atoms with E-state index in [2.05, 4.69) is 15.3 Å². The number of ether oxygens (including phenoxy) is 2. The van der Waals surface area contributed by atoms with E-state index < -0.39 is 0 Å². The average Bonchev–Trinajstić information content (AvgIpc) is 2.86. The summed E-state index contributed by atoms with van der Waals surface area (Å²) in [6, 6.07) is 5.89. The van der Waals surface area contributed by atoms with Crippen molar-refractivity contribution in [2.45, 2.75) is 6.42 Å². The van der Waals surface area contributed by atoms with Gasteiger partial charge in [-0.15, -0.1) is 0 Å². The SMILES string of the molecule is CNc1ncc(Cc2ccc(OC)c(OC)c2)[nH]1. The summed E-state index contributed by atoms with van der Waals surface area (Å²) in [4.78, 5) is 7.37. The van der Waals surface area contributed by atoms with Crippen LogP contribution in [0.25, 0.3) is 0 Å². The van der Waals surface area contributed by atoms with Crippen LogP contribution in [0.4, 0.5) is 5.95 Å². The van der Waals surface area contributed by atoms with Gasteiger partial charge in [-0.3, -0.25) is 0 Å². The van der Waals surface area contributed by atoms with Crippen LogP contribution in [-0.2, 0) is 6.42 Å².